The molecule has 3 saturated carbocycles. The summed E-state index contributed by atoms with van der Waals surface area (Å²) in [4.78, 5) is 48.0. The van der Waals surface area contributed by atoms with Crippen LogP contribution in [0, 0.1) is 10.8 Å². The Bertz CT molecular complexity index is 1390. The molecule has 3 aliphatic carbocycles. The number of nitrogens with zero attached hydrogens (tertiary/aromatic N) is 2. The monoisotopic (exact) mass is 504 g/mol. The smallest absolute Gasteiger partial charge is 0.309 e. The maximum Gasteiger partial charge on any atom is 0.309 e. The Morgan fingerprint density at radius 1 is 1.11 bits per heavy atom. The Morgan fingerprint density at radius 3 is 2.65 bits per heavy atom. The van der Waals surface area contributed by atoms with Crippen molar-refractivity contribution in [2.45, 2.75) is 45.1 Å². The third kappa shape index (κ3) is 4.13. The van der Waals surface area contributed by atoms with Gasteiger partial charge in [-0.15, -0.1) is 0 Å². The number of hydrogen-bond acceptors (Lipinski definition) is 7. The highest BCUT2D eigenvalue weighted by Gasteiger charge is 2.52. The van der Waals surface area contributed by atoms with Crippen LogP contribution in [0.15, 0.2) is 30.7 Å². The van der Waals surface area contributed by atoms with E-state index in [0.717, 1.165) is 56.3 Å². The van der Waals surface area contributed by atoms with E-state index in [1.165, 1.54) is 6.33 Å². The highest BCUT2D eigenvalue weighted by Crippen LogP contribution is 2.57. The van der Waals surface area contributed by atoms with Crippen molar-refractivity contribution in [3.8, 4) is 5.75 Å². The minimum atomic E-state index is -0.652. The first kappa shape index (κ1) is 23.3. The van der Waals surface area contributed by atoms with E-state index in [9.17, 15) is 19.5 Å². The van der Waals surface area contributed by atoms with Crippen molar-refractivity contribution in [1.82, 2.24) is 20.3 Å². The highest BCUT2D eigenvalue weighted by molar-refractivity contribution is 6.05. The lowest BCUT2D eigenvalue weighted by atomic mass is 9.53. The fourth-order valence-corrected chi connectivity index (χ4v) is 5.88. The van der Waals surface area contributed by atoms with Gasteiger partial charge < -0.3 is 30.8 Å². The van der Waals surface area contributed by atoms with Gasteiger partial charge in [0, 0.05) is 19.3 Å². The van der Waals surface area contributed by atoms with Crippen LogP contribution in [0.2, 0.25) is 0 Å². The third-order valence-electron chi connectivity index (χ3n) is 8.32. The summed E-state index contributed by atoms with van der Waals surface area (Å²) in [7, 11) is 0. The van der Waals surface area contributed by atoms with Gasteiger partial charge in [-0.3, -0.25) is 14.4 Å². The molecule has 2 amide bonds. The number of H-pyrrole nitrogens is 1. The Morgan fingerprint density at radius 2 is 1.89 bits per heavy atom. The van der Waals surface area contributed by atoms with Crippen molar-refractivity contribution < 1.29 is 24.2 Å². The molecular formula is C26H28N6O5. The van der Waals surface area contributed by atoms with Crippen LogP contribution in [0.25, 0.3) is 11.0 Å². The molecule has 0 atom stereocenters. The number of benzene rings is 1. The number of hydrogen-bond donors (Lipinski definition) is 5. The zero-order valence-corrected chi connectivity index (χ0v) is 20.2. The predicted molar refractivity (Wildman–Crippen MR) is 134 cm³/mol. The summed E-state index contributed by atoms with van der Waals surface area (Å²) < 4.78 is 5.37. The molecule has 3 fully saturated rings. The number of carbonyl (C=O) groups is 3. The van der Waals surface area contributed by atoms with Crippen LogP contribution in [0.1, 0.15) is 54.6 Å². The normalized spacial score (nSPS) is 24.2. The molecule has 3 heterocycles. The van der Waals surface area contributed by atoms with E-state index in [1.807, 2.05) is 6.07 Å². The molecule has 1 aromatic carbocycles. The molecule has 7 rings (SSSR count). The molecular weight excluding hydrogens is 476 g/mol. The standard InChI is InChI=1S/C26H28N6O5/c33-19-12-37-18-2-1-15(9-16(18)32-19)10-28-23(34)22-21-20(30-14-31-22)17(11-27-21)29-13-25-3-6-26(7-4-25,8-5-25)24(35)36/h1-2,9,11,14,27,29H,3-8,10,12-13H2,(H,28,34)(H,32,33)(H,35,36). The number of aromatic nitrogens is 3. The van der Waals surface area contributed by atoms with E-state index >= 15 is 0 Å². The number of nitrogens with one attached hydrogen (secondary N) is 4. The van der Waals surface area contributed by atoms with Crippen molar-refractivity contribution in [1.29, 1.82) is 0 Å². The van der Waals surface area contributed by atoms with Crippen LogP contribution < -0.4 is 20.7 Å². The number of anilines is 2. The molecule has 4 aliphatic rings. The molecule has 5 N–H and O–H groups in total. The van der Waals surface area contributed by atoms with Crippen LogP contribution in [0.3, 0.4) is 0 Å². The molecule has 3 aromatic rings. The summed E-state index contributed by atoms with van der Waals surface area (Å²) in [6.07, 6.45) is 8.06. The maximum absolute atomic E-state index is 13.0. The molecule has 0 radical (unpaired) electrons. The van der Waals surface area contributed by atoms with Gasteiger partial charge in [0.2, 0.25) is 0 Å². The fourth-order valence-electron chi connectivity index (χ4n) is 5.88. The van der Waals surface area contributed by atoms with Crippen molar-refractivity contribution in [2.24, 2.45) is 10.8 Å². The molecule has 11 nitrogen and oxygen atoms in total. The van der Waals surface area contributed by atoms with Gasteiger partial charge in [0.1, 0.15) is 17.6 Å². The van der Waals surface area contributed by atoms with E-state index in [0.29, 0.717) is 22.5 Å². The number of carboxylic acids is 1. The van der Waals surface area contributed by atoms with Crippen molar-refractivity contribution in [3.05, 3.63) is 42.0 Å². The quantitative estimate of drug-likeness (QED) is 0.328. The second kappa shape index (κ2) is 8.75. The van der Waals surface area contributed by atoms with Crippen molar-refractivity contribution in [2.75, 3.05) is 23.8 Å². The number of carbonyl (C=O) groups excluding carboxylic acids is 2. The van der Waals surface area contributed by atoms with Gasteiger partial charge in [-0.2, -0.15) is 0 Å². The Labute approximate surface area is 212 Å². The Hall–Kier alpha value is -4.15. The topological polar surface area (TPSA) is 158 Å². The van der Waals surface area contributed by atoms with E-state index in [4.69, 9.17) is 4.74 Å². The number of carboxylic acid groups (broad SMARTS) is 1. The maximum atomic E-state index is 13.0. The summed E-state index contributed by atoms with van der Waals surface area (Å²) in [6, 6.07) is 5.37. The molecule has 192 valence electrons. The number of rotatable bonds is 7. The van der Waals surface area contributed by atoms with Crippen molar-refractivity contribution >= 4 is 40.2 Å². The van der Waals surface area contributed by atoms with E-state index in [2.05, 4.69) is 30.9 Å². The number of aliphatic carboxylic acids is 1. The lowest BCUT2D eigenvalue weighted by molar-refractivity contribution is -0.158. The number of fused-ring (bicyclic) bond motifs is 5. The van der Waals surface area contributed by atoms with Crippen LogP contribution in [-0.4, -0.2) is 51.0 Å². The van der Waals surface area contributed by atoms with E-state index < -0.39 is 11.4 Å². The first-order chi connectivity index (χ1) is 17.9. The minimum absolute atomic E-state index is 0.00775. The first-order valence-corrected chi connectivity index (χ1v) is 12.5. The van der Waals surface area contributed by atoms with Crippen LogP contribution >= 0.6 is 0 Å². The van der Waals surface area contributed by atoms with Crippen LogP contribution in [0.4, 0.5) is 11.4 Å². The average Bonchev–Trinajstić information content (AvgIpc) is 3.34. The zero-order valence-electron chi connectivity index (χ0n) is 20.2. The first-order valence-electron chi connectivity index (χ1n) is 12.5. The summed E-state index contributed by atoms with van der Waals surface area (Å²) >= 11 is 0. The zero-order chi connectivity index (χ0) is 25.6. The number of aromatic amines is 1. The lowest BCUT2D eigenvalue weighted by Gasteiger charge is -2.51. The van der Waals surface area contributed by atoms with Gasteiger partial charge in [-0.05, 0) is 61.6 Å². The predicted octanol–water partition coefficient (Wildman–Crippen LogP) is 3.06. The van der Waals surface area contributed by atoms with Crippen LogP contribution in [0.5, 0.6) is 5.75 Å². The van der Waals surface area contributed by atoms with Crippen molar-refractivity contribution in [3.63, 3.8) is 0 Å². The SMILES string of the molecule is O=C1COc2ccc(CNC(=O)c3ncnc4c(NCC56CCC(C(=O)O)(CC5)CC6)c[nH]c34)cc2N1. The van der Waals surface area contributed by atoms with Crippen LogP contribution in [-0.2, 0) is 16.1 Å². The third-order valence-corrected chi connectivity index (χ3v) is 8.32. The van der Waals surface area contributed by atoms with Gasteiger partial charge in [0.15, 0.2) is 12.3 Å². The Balaban J connectivity index is 1.12. The summed E-state index contributed by atoms with van der Waals surface area (Å²) in [5.74, 6) is -0.615. The summed E-state index contributed by atoms with van der Waals surface area (Å²) in [5, 5.41) is 18.8. The average molecular weight is 505 g/mol. The van der Waals surface area contributed by atoms with Gasteiger partial charge in [0.25, 0.3) is 11.8 Å². The molecule has 2 bridgehead atoms. The molecule has 37 heavy (non-hydrogen) atoms. The molecule has 11 heteroatoms. The van der Waals surface area contributed by atoms with E-state index in [1.54, 1.807) is 18.3 Å². The molecule has 2 aromatic heterocycles. The second-order valence-corrected chi connectivity index (χ2v) is 10.4. The summed E-state index contributed by atoms with van der Waals surface area (Å²) in [5.41, 5.74) is 3.17. The fraction of sp³-hybridized carbons (Fsp3) is 0.423. The van der Waals surface area contributed by atoms with Gasteiger partial charge in [-0.25, -0.2) is 9.97 Å². The minimum Gasteiger partial charge on any atom is -0.482 e. The number of amides is 2. The van der Waals surface area contributed by atoms with Gasteiger partial charge >= 0.3 is 5.97 Å². The summed E-state index contributed by atoms with van der Waals surface area (Å²) in [6.45, 7) is 0.978. The highest BCUT2D eigenvalue weighted by atomic mass is 16.5. The van der Waals surface area contributed by atoms with Gasteiger partial charge in [0.05, 0.1) is 22.3 Å². The molecule has 0 saturated heterocycles. The van der Waals surface area contributed by atoms with Gasteiger partial charge in [-0.1, -0.05) is 6.07 Å². The Kier molecular flexibility index (Phi) is 5.50. The molecule has 0 unspecified atom stereocenters. The lowest BCUT2D eigenvalue weighted by Crippen LogP contribution is -2.48. The van der Waals surface area contributed by atoms with E-state index in [-0.39, 0.29) is 36.1 Å². The number of ether oxygens (including phenoxy) is 1. The molecule has 0 spiro atoms. The second-order valence-electron chi connectivity index (χ2n) is 10.4. The molecule has 1 aliphatic heterocycles. The largest absolute Gasteiger partial charge is 0.482 e.